The summed E-state index contributed by atoms with van der Waals surface area (Å²) in [7, 11) is 1.64. The highest BCUT2D eigenvalue weighted by atomic mass is 16.7. The SMILES string of the molecule is CCC[C@H]1OC[C@@H](OCc2ccccc2OC)[C@@H](C(C)O)O1. The molecule has 22 heavy (non-hydrogen) atoms. The fourth-order valence-corrected chi connectivity index (χ4v) is 2.57. The second kappa shape index (κ2) is 8.48. The Hall–Kier alpha value is -1.14. The molecule has 1 fully saturated rings. The Bertz CT molecular complexity index is 448. The molecule has 0 aromatic heterocycles. The van der Waals surface area contributed by atoms with Crippen molar-refractivity contribution in [1.82, 2.24) is 0 Å². The second-order valence-electron chi connectivity index (χ2n) is 5.55. The summed E-state index contributed by atoms with van der Waals surface area (Å²) in [6, 6.07) is 7.72. The van der Waals surface area contributed by atoms with Gasteiger partial charge in [0.2, 0.25) is 0 Å². The number of para-hydroxylation sites is 1. The first-order valence-corrected chi connectivity index (χ1v) is 7.84. The zero-order valence-electron chi connectivity index (χ0n) is 13.5. The van der Waals surface area contributed by atoms with Crippen molar-refractivity contribution in [2.24, 2.45) is 0 Å². The third kappa shape index (κ3) is 4.43. The summed E-state index contributed by atoms with van der Waals surface area (Å²) in [5.41, 5.74) is 0.963. The normalized spacial score (nSPS) is 26.6. The fraction of sp³-hybridized carbons (Fsp3) is 0.647. The summed E-state index contributed by atoms with van der Waals surface area (Å²) >= 11 is 0. The Morgan fingerprint density at radius 2 is 2.14 bits per heavy atom. The number of hydrogen-bond donors (Lipinski definition) is 1. The van der Waals surface area contributed by atoms with Crippen molar-refractivity contribution in [3.63, 3.8) is 0 Å². The van der Waals surface area contributed by atoms with Crippen LogP contribution >= 0.6 is 0 Å². The van der Waals surface area contributed by atoms with Crippen LogP contribution in [0.4, 0.5) is 0 Å². The van der Waals surface area contributed by atoms with E-state index < -0.39 is 6.10 Å². The van der Waals surface area contributed by atoms with Gasteiger partial charge < -0.3 is 24.1 Å². The molecule has 2 rings (SSSR count). The highest BCUT2D eigenvalue weighted by Gasteiger charge is 2.35. The van der Waals surface area contributed by atoms with Crippen molar-refractivity contribution >= 4 is 0 Å². The maximum atomic E-state index is 9.95. The monoisotopic (exact) mass is 310 g/mol. The first kappa shape index (κ1) is 17.2. The minimum absolute atomic E-state index is 0.254. The molecule has 1 aliphatic heterocycles. The maximum absolute atomic E-state index is 9.95. The van der Waals surface area contributed by atoms with E-state index in [9.17, 15) is 5.11 Å². The topological polar surface area (TPSA) is 57.2 Å². The van der Waals surface area contributed by atoms with E-state index in [4.69, 9.17) is 18.9 Å². The minimum Gasteiger partial charge on any atom is -0.496 e. The summed E-state index contributed by atoms with van der Waals surface area (Å²) < 4.78 is 22.7. The molecular formula is C17H26O5. The molecular weight excluding hydrogens is 284 g/mol. The van der Waals surface area contributed by atoms with Gasteiger partial charge in [-0.1, -0.05) is 31.5 Å². The average molecular weight is 310 g/mol. The van der Waals surface area contributed by atoms with E-state index in [1.54, 1.807) is 14.0 Å². The lowest BCUT2D eigenvalue weighted by atomic mass is 10.1. The van der Waals surface area contributed by atoms with Gasteiger partial charge in [0.15, 0.2) is 6.29 Å². The first-order valence-electron chi connectivity index (χ1n) is 7.84. The zero-order chi connectivity index (χ0) is 15.9. The third-order valence-corrected chi connectivity index (χ3v) is 3.77. The van der Waals surface area contributed by atoms with Crippen LogP contribution < -0.4 is 4.74 Å². The standard InChI is InChI=1S/C17H26O5/c1-4-7-16-21-11-15(17(22-16)12(2)18)20-10-13-8-5-6-9-14(13)19-3/h5-6,8-9,12,15-18H,4,7,10-11H2,1-3H3/t12?,15-,16+,17-/m1/s1. The molecule has 1 aliphatic rings. The van der Waals surface area contributed by atoms with Gasteiger partial charge in [-0.15, -0.1) is 0 Å². The quantitative estimate of drug-likeness (QED) is 0.838. The van der Waals surface area contributed by atoms with Crippen molar-refractivity contribution in [3.05, 3.63) is 29.8 Å². The number of methoxy groups -OCH3 is 1. The van der Waals surface area contributed by atoms with Gasteiger partial charge in [0, 0.05) is 5.56 Å². The zero-order valence-corrected chi connectivity index (χ0v) is 13.5. The van der Waals surface area contributed by atoms with E-state index in [2.05, 4.69) is 6.92 Å². The van der Waals surface area contributed by atoms with Crippen LogP contribution in [0, 0.1) is 0 Å². The molecule has 0 saturated carbocycles. The van der Waals surface area contributed by atoms with E-state index in [1.165, 1.54) is 0 Å². The van der Waals surface area contributed by atoms with E-state index in [0.717, 1.165) is 24.2 Å². The van der Waals surface area contributed by atoms with E-state index >= 15 is 0 Å². The molecule has 0 spiro atoms. The smallest absolute Gasteiger partial charge is 0.158 e. The number of aliphatic hydroxyl groups excluding tert-OH is 1. The summed E-state index contributed by atoms with van der Waals surface area (Å²) in [5.74, 6) is 0.789. The van der Waals surface area contributed by atoms with Gasteiger partial charge in [-0.05, 0) is 19.4 Å². The van der Waals surface area contributed by atoms with Gasteiger partial charge in [0.25, 0.3) is 0 Å². The summed E-state index contributed by atoms with van der Waals surface area (Å²) in [6.45, 7) is 4.62. The molecule has 0 amide bonds. The van der Waals surface area contributed by atoms with Crippen LogP contribution in [0.3, 0.4) is 0 Å². The van der Waals surface area contributed by atoms with Gasteiger partial charge >= 0.3 is 0 Å². The average Bonchev–Trinajstić information content (AvgIpc) is 2.54. The van der Waals surface area contributed by atoms with Crippen molar-refractivity contribution in [2.75, 3.05) is 13.7 Å². The van der Waals surface area contributed by atoms with Crippen molar-refractivity contribution in [1.29, 1.82) is 0 Å². The predicted octanol–water partition coefficient (Wildman–Crippen LogP) is 2.50. The Morgan fingerprint density at radius 1 is 1.36 bits per heavy atom. The molecule has 1 saturated heterocycles. The lowest BCUT2D eigenvalue weighted by Crippen LogP contribution is -2.50. The van der Waals surface area contributed by atoms with Crippen LogP contribution in [0.5, 0.6) is 5.75 Å². The molecule has 1 unspecified atom stereocenters. The molecule has 1 aromatic carbocycles. The molecule has 5 heteroatoms. The fourth-order valence-electron chi connectivity index (χ4n) is 2.57. The number of benzene rings is 1. The Labute approximate surface area is 132 Å². The first-order chi connectivity index (χ1) is 10.7. The van der Waals surface area contributed by atoms with Gasteiger partial charge in [0.1, 0.15) is 18.0 Å². The van der Waals surface area contributed by atoms with Gasteiger partial charge in [-0.2, -0.15) is 0 Å². The van der Waals surface area contributed by atoms with Crippen LogP contribution in [0.25, 0.3) is 0 Å². The lowest BCUT2D eigenvalue weighted by molar-refractivity contribution is -0.281. The molecule has 0 bridgehead atoms. The van der Waals surface area contributed by atoms with E-state index in [0.29, 0.717) is 13.2 Å². The van der Waals surface area contributed by atoms with Crippen molar-refractivity contribution < 1.29 is 24.1 Å². The third-order valence-electron chi connectivity index (χ3n) is 3.77. The van der Waals surface area contributed by atoms with E-state index in [1.807, 2.05) is 24.3 Å². The Morgan fingerprint density at radius 3 is 2.82 bits per heavy atom. The Balaban J connectivity index is 1.96. The molecule has 4 atom stereocenters. The maximum Gasteiger partial charge on any atom is 0.158 e. The van der Waals surface area contributed by atoms with Crippen molar-refractivity contribution in [2.45, 2.75) is 57.9 Å². The molecule has 0 radical (unpaired) electrons. The second-order valence-corrected chi connectivity index (χ2v) is 5.55. The molecule has 1 N–H and O–H groups in total. The largest absolute Gasteiger partial charge is 0.496 e. The molecule has 1 heterocycles. The minimum atomic E-state index is -0.606. The summed E-state index contributed by atoms with van der Waals surface area (Å²) in [4.78, 5) is 0. The highest BCUT2D eigenvalue weighted by Crippen LogP contribution is 2.24. The van der Waals surface area contributed by atoms with Crippen LogP contribution in [-0.4, -0.2) is 43.4 Å². The highest BCUT2D eigenvalue weighted by molar-refractivity contribution is 5.32. The number of hydrogen-bond acceptors (Lipinski definition) is 5. The lowest BCUT2D eigenvalue weighted by Gasteiger charge is -2.37. The number of aliphatic hydroxyl groups is 1. The van der Waals surface area contributed by atoms with E-state index in [-0.39, 0.29) is 18.5 Å². The van der Waals surface area contributed by atoms with Crippen molar-refractivity contribution in [3.8, 4) is 5.75 Å². The van der Waals surface area contributed by atoms with Crippen LogP contribution in [-0.2, 0) is 20.8 Å². The van der Waals surface area contributed by atoms with Gasteiger partial charge in [-0.25, -0.2) is 0 Å². The number of ether oxygens (including phenoxy) is 4. The number of rotatable bonds is 7. The summed E-state index contributed by atoms with van der Waals surface area (Å²) in [5, 5.41) is 9.95. The summed E-state index contributed by atoms with van der Waals surface area (Å²) in [6.07, 6.45) is 0.270. The van der Waals surface area contributed by atoms with Crippen LogP contribution in [0.2, 0.25) is 0 Å². The molecule has 1 aromatic rings. The van der Waals surface area contributed by atoms with Crippen LogP contribution in [0.1, 0.15) is 32.3 Å². The molecule has 5 nitrogen and oxygen atoms in total. The molecule has 124 valence electrons. The predicted molar refractivity (Wildman–Crippen MR) is 82.8 cm³/mol. The van der Waals surface area contributed by atoms with Gasteiger partial charge in [0.05, 0.1) is 26.4 Å². The van der Waals surface area contributed by atoms with Crippen LogP contribution in [0.15, 0.2) is 24.3 Å². The molecule has 0 aliphatic carbocycles. The van der Waals surface area contributed by atoms with Gasteiger partial charge in [-0.3, -0.25) is 0 Å². The Kier molecular flexibility index (Phi) is 6.64.